The fourth-order valence-corrected chi connectivity index (χ4v) is 1.71. The minimum Gasteiger partial charge on any atom is -0.493 e. The predicted molar refractivity (Wildman–Crippen MR) is 76.0 cm³/mol. The predicted octanol–water partition coefficient (Wildman–Crippen LogP) is 2.30. The molecular weight excluding hydrogens is 256 g/mol. The number of nitrogens with zero attached hydrogens (tertiary/aromatic N) is 1. The lowest BCUT2D eigenvalue weighted by molar-refractivity contribution is 0.281. The van der Waals surface area contributed by atoms with Crippen molar-refractivity contribution in [1.82, 2.24) is 4.90 Å². The highest BCUT2D eigenvalue weighted by Crippen LogP contribution is 2.23. The van der Waals surface area contributed by atoms with Crippen molar-refractivity contribution in [2.45, 2.75) is 6.42 Å². The summed E-state index contributed by atoms with van der Waals surface area (Å²) < 4.78 is 5.65. The number of rotatable bonds is 6. The summed E-state index contributed by atoms with van der Waals surface area (Å²) in [4.78, 5) is 2.43. The molecule has 0 spiro atoms. The third-order valence-corrected chi connectivity index (χ3v) is 2.67. The molecule has 1 aromatic carbocycles. The SMILES string of the molecule is CN(C)CCCOc1cc(Cl)ccc1C(N)=S. The van der Waals surface area contributed by atoms with Gasteiger partial charge in [-0.2, -0.15) is 0 Å². The molecule has 0 atom stereocenters. The molecule has 0 saturated carbocycles. The monoisotopic (exact) mass is 272 g/mol. The summed E-state index contributed by atoms with van der Waals surface area (Å²) in [7, 11) is 4.06. The van der Waals surface area contributed by atoms with Crippen LogP contribution in [0.1, 0.15) is 12.0 Å². The van der Waals surface area contributed by atoms with Crippen LogP contribution in [0.3, 0.4) is 0 Å². The van der Waals surface area contributed by atoms with Gasteiger partial charge < -0.3 is 15.4 Å². The molecule has 0 bridgehead atoms. The van der Waals surface area contributed by atoms with Crippen LogP contribution < -0.4 is 10.5 Å². The van der Waals surface area contributed by atoms with E-state index in [-0.39, 0.29) is 0 Å². The number of hydrogen-bond acceptors (Lipinski definition) is 3. The van der Waals surface area contributed by atoms with Crippen LogP contribution in [-0.2, 0) is 0 Å². The molecule has 0 saturated heterocycles. The van der Waals surface area contributed by atoms with E-state index in [2.05, 4.69) is 4.90 Å². The lowest BCUT2D eigenvalue weighted by Gasteiger charge is -2.13. The Bertz CT molecular complexity index is 396. The number of benzene rings is 1. The van der Waals surface area contributed by atoms with Crippen LogP contribution in [0.2, 0.25) is 5.02 Å². The van der Waals surface area contributed by atoms with E-state index in [0.717, 1.165) is 18.5 Å². The van der Waals surface area contributed by atoms with Crippen LogP contribution >= 0.6 is 23.8 Å². The molecule has 5 heteroatoms. The Morgan fingerprint density at radius 2 is 2.18 bits per heavy atom. The molecule has 0 amide bonds. The van der Waals surface area contributed by atoms with Gasteiger partial charge in [0, 0.05) is 11.6 Å². The zero-order chi connectivity index (χ0) is 12.8. The van der Waals surface area contributed by atoms with Gasteiger partial charge in [0.15, 0.2) is 0 Å². The van der Waals surface area contributed by atoms with Crippen molar-refractivity contribution in [2.24, 2.45) is 5.73 Å². The third-order valence-electron chi connectivity index (χ3n) is 2.22. The summed E-state index contributed by atoms with van der Waals surface area (Å²) in [5.41, 5.74) is 6.35. The highest BCUT2D eigenvalue weighted by Gasteiger charge is 2.07. The standard InChI is InChI=1S/C12H17ClN2OS/c1-15(2)6-3-7-16-11-8-9(13)4-5-10(11)12(14)17/h4-5,8H,3,6-7H2,1-2H3,(H2,14,17). The zero-order valence-electron chi connectivity index (χ0n) is 10.1. The number of halogens is 1. The number of ether oxygens (including phenoxy) is 1. The average Bonchev–Trinajstić information content (AvgIpc) is 2.23. The van der Waals surface area contributed by atoms with E-state index < -0.39 is 0 Å². The molecule has 0 aliphatic heterocycles. The first kappa shape index (κ1) is 14.2. The Morgan fingerprint density at radius 1 is 1.47 bits per heavy atom. The van der Waals surface area contributed by atoms with Crippen LogP contribution in [0.4, 0.5) is 0 Å². The summed E-state index contributed by atoms with van der Waals surface area (Å²) in [6, 6.07) is 5.28. The van der Waals surface area contributed by atoms with Gasteiger partial charge in [0.1, 0.15) is 10.7 Å². The normalized spacial score (nSPS) is 10.6. The number of hydrogen-bond donors (Lipinski definition) is 1. The fraction of sp³-hybridized carbons (Fsp3) is 0.417. The van der Waals surface area contributed by atoms with Crippen molar-refractivity contribution in [1.29, 1.82) is 0 Å². The van der Waals surface area contributed by atoms with Gasteiger partial charge in [0.05, 0.1) is 12.2 Å². The summed E-state index contributed by atoms with van der Waals surface area (Å²) in [6.07, 6.45) is 0.941. The molecule has 0 fully saturated rings. The van der Waals surface area contributed by atoms with Crippen LogP contribution in [0.15, 0.2) is 18.2 Å². The van der Waals surface area contributed by atoms with Crippen molar-refractivity contribution in [3.8, 4) is 5.75 Å². The van der Waals surface area contributed by atoms with E-state index in [0.29, 0.717) is 22.4 Å². The van der Waals surface area contributed by atoms with Crippen molar-refractivity contribution in [2.75, 3.05) is 27.2 Å². The minimum absolute atomic E-state index is 0.323. The Morgan fingerprint density at radius 3 is 2.76 bits per heavy atom. The molecule has 0 aromatic heterocycles. The zero-order valence-corrected chi connectivity index (χ0v) is 11.6. The molecule has 0 unspecified atom stereocenters. The van der Waals surface area contributed by atoms with Crippen LogP contribution in [0.5, 0.6) is 5.75 Å². The summed E-state index contributed by atoms with van der Waals surface area (Å²) >= 11 is 10.9. The molecule has 3 nitrogen and oxygen atoms in total. The van der Waals surface area contributed by atoms with Gasteiger partial charge in [-0.25, -0.2) is 0 Å². The van der Waals surface area contributed by atoms with E-state index in [1.165, 1.54) is 0 Å². The first-order chi connectivity index (χ1) is 8.00. The maximum atomic E-state index is 5.91. The second kappa shape index (κ2) is 6.79. The highest BCUT2D eigenvalue weighted by atomic mass is 35.5. The van der Waals surface area contributed by atoms with E-state index >= 15 is 0 Å². The van der Waals surface area contributed by atoms with Crippen LogP contribution in [0, 0.1) is 0 Å². The smallest absolute Gasteiger partial charge is 0.130 e. The molecule has 1 rings (SSSR count). The molecule has 0 aliphatic rings. The van der Waals surface area contributed by atoms with Crippen molar-refractivity contribution in [3.63, 3.8) is 0 Å². The second-order valence-corrected chi connectivity index (χ2v) is 4.89. The lowest BCUT2D eigenvalue weighted by atomic mass is 10.2. The number of nitrogens with two attached hydrogens (primary N) is 1. The van der Waals surface area contributed by atoms with E-state index in [9.17, 15) is 0 Å². The molecule has 0 radical (unpaired) electrons. The van der Waals surface area contributed by atoms with Gasteiger partial charge in [0.2, 0.25) is 0 Å². The molecule has 2 N–H and O–H groups in total. The molecule has 0 heterocycles. The van der Waals surface area contributed by atoms with Gasteiger partial charge in [-0.15, -0.1) is 0 Å². The van der Waals surface area contributed by atoms with Crippen molar-refractivity contribution in [3.05, 3.63) is 28.8 Å². The minimum atomic E-state index is 0.323. The quantitative estimate of drug-likeness (QED) is 0.637. The molecule has 94 valence electrons. The van der Waals surface area contributed by atoms with Gasteiger partial charge >= 0.3 is 0 Å². The maximum absolute atomic E-state index is 5.91. The van der Waals surface area contributed by atoms with Crippen LogP contribution in [-0.4, -0.2) is 37.1 Å². The number of thiocarbonyl (C=S) groups is 1. The molecular formula is C12H17ClN2OS. The Balaban J connectivity index is 2.62. The Hall–Kier alpha value is -0.840. The van der Waals surface area contributed by atoms with E-state index in [1.807, 2.05) is 14.1 Å². The van der Waals surface area contributed by atoms with Crippen molar-refractivity contribution >= 4 is 28.8 Å². The fourth-order valence-electron chi connectivity index (χ4n) is 1.38. The third kappa shape index (κ3) is 4.89. The first-order valence-corrected chi connectivity index (χ1v) is 6.16. The van der Waals surface area contributed by atoms with Crippen molar-refractivity contribution < 1.29 is 4.74 Å². The summed E-state index contributed by atoms with van der Waals surface area (Å²) in [5.74, 6) is 0.656. The highest BCUT2D eigenvalue weighted by molar-refractivity contribution is 7.80. The Kier molecular flexibility index (Phi) is 5.68. The maximum Gasteiger partial charge on any atom is 0.130 e. The van der Waals surface area contributed by atoms with Gasteiger partial charge in [-0.3, -0.25) is 0 Å². The average molecular weight is 273 g/mol. The first-order valence-electron chi connectivity index (χ1n) is 5.37. The molecule has 1 aromatic rings. The summed E-state index contributed by atoms with van der Waals surface area (Å²) in [6.45, 7) is 1.59. The topological polar surface area (TPSA) is 38.5 Å². The molecule has 0 aliphatic carbocycles. The van der Waals surface area contributed by atoms with Gasteiger partial charge in [0.25, 0.3) is 0 Å². The Labute approximate surface area is 112 Å². The lowest BCUT2D eigenvalue weighted by Crippen LogP contribution is -2.16. The molecule has 17 heavy (non-hydrogen) atoms. The largest absolute Gasteiger partial charge is 0.493 e. The van der Waals surface area contributed by atoms with Gasteiger partial charge in [-0.1, -0.05) is 23.8 Å². The van der Waals surface area contributed by atoms with Crippen LogP contribution in [0.25, 0.3) is 0 Å². The van der Waals surface area contributed by atoms with E-state index in [4.69, 9.17) is 34.3 Å². The second-order valence-electron chi connectivity index (χ2n) is 4.01. The van der Waals surface area contributed by atoms with E-state index in [1.54, 1.807) is 18.2 Å². The summed E-state index contributed by atoms with van der Waals surface area (Å²) in [5, 5.41) is 0.618. The van der Waals surface area contributed by atoms with Gasteiger partial charge in [-0.05, 0) is 38.7 Å².